The van der Waals surface area contributed by atoms with Crippen LogP contribution >= 0.6 is 0 Å². The molecule has 0 aromatic rings. The van der Waals surface area contributed by atoms with Crippen LogP contribution in [0.5, 0.6) is 0 Å². The molecule has 1 saturated heterocycles. The summed E-state index contributed by atoms with van der Waals surface area (Å²) in [7, 11) is -2.93. The van der Waals surface area contributed by atoms with Gasteiger partial charge < -0.3 is 10.4 Å². The first kappa shape index (κ1) is 12.4. The Morgan fingerprint density at radius 2 is 2.13 bits per heavy atom. The lowest BCUT2D eigenvalue weighted by atomic mass is 10.1. The fraction of sp³-hybridized carbons (Fsp3) is 0.889. The average molecular weight is 235 g/mol. The van der Waals surface area contributed by atoms with Gasteiger partial charge in [-0.2, -0.15) is 0 Å². The molecule has 2 N–H and O–H groups in total. The summed E-state index contributed by atoms with van der Waals surface area (Å²) in [6.07, 6.45) is 1.85. The molecule has 1 rings (SSSR count). The molecule has 1 aliphatic rings. The number of nitrogens with one attached hydrogen (secondary N) is 1. The second-order valence-electron chi connectivity index (χ2n) is 3.86. The minimum Gasteiger partial charge on any atom is -0.480 e. The molecule has 0 bridgehead atoms. The van der Waals surface area contributed by atoms with Crippen LogP contribution in [0.3, 0.4) is 0 Å². The minimum atomic E-state index is -2.93. The molecule has 1 fully saturated rings. The molecule has 0 amide bonds. The van der Waals surface area contributed by atoms with Gasteiger partial charge in [0.05, 0.1) is 5.75 Å². The topological polar surface area (TPSA) is 83.5 Å². The van der Waals surface area contributed by atoms with E-state index in [1.807, 2.05) is 0 Å². The van der Waals surface area contributed by atoms with Crippen molar-refractivity contribution in [2.45, 2.75) is 38.3 Å². The summed E-state index contributed by atoms with van der Waals surface area (Å²) in [4.78, 5) is 10.6. The summed E-state index contributed by atoms with van der Waals surface area (Å²) >= 11 is 0. The highest BCUT2D eigenvalue weighted by Crippen LogP contribution is 2.15. The maximum Gasteiger partial charge on any atom is 0.320 e. The van der Waals surface area contributed by atoms with E-state index in [1.54, 1.807) is 6.92 Å². The zero-order chi connectivity index (χ0) is 11.5. The van der Waals surface area contributed by atoms with E-state index in [0.717, 1.165) is 6.42 Å². The zero-order valence-corrected chi connectivity index (χ0v) is 9.59. The molecule has 0 spiro atoms. The largest absolute Gasteiger partial charge is 0.480 e. The Kier molecular flexibility index (Phi) is 4.10. The molecule has 0 radical (unpaired) electrons. The molecular weight excluding hydrogens is 218 g/mol. The quantitative estimate of drug-likeness (QED) is 0.701. The summed E-state index contributed by atoms with van der Waals surface area (Å²) < 4.78 is 22.5. The van der Waals surface area contributed by atoms with Gasteiger partial charge in [-0.05, 0) is 19.3 Å². The summed E-state index contributed by atoms with van der Waals surface area (Å²) in [5.41, 5.74) is 0. The second-order valence-corrected chi connectivity index (χ2v) is 6.33. The van der Waals surface area contributed by atoms with E-state index in [0.29, 0.717) is 12.8 Å². The van der Waals surface area contributed by atoms with Crippen molar-refractivity contribution in [2.24, 2.45) is 0 Å². The highest BCUT2D eigenvalue weighted by atomic mass is 32.2. The molecule has 0 saturated carbocycles. The highest BCUT2D eigenvalue weighted by Gasteiger charge is 2.29. The van der Waals surface area contributed by atoms with E-state index >= 15 is 0 Å². The molecule has 2 atom stereocenters. The molecule has 0 aromatic heterocycles. The molecule has 15 heavy (non-hydrogen) atoms. The summed E-state index contributed by atoms with van der Waals surface area (Å²) in [5, 5.41) is 11.6. The smallest absolute Gasteiger partial charge is 0.320 e. The SMILES string of the molecule is CCS(=O)(=O)CCC1CCC(C(=O)O)N1. The van der Waals surface area contributed by atoms with Gasteiger partial charge in [0.2, 0.25) is 0 Å². The maximum atomic E-state index is 11.2. The molecule has 0 aromatic carbocycles. The van der Waals surface area contributed by atoms with Crippen molar-refractivity contribution in [1.29, 1.82) is 0 Å². The van der Waals surface area contributed by atoms with Gasteiger partial charge in [0, 0.05) is 11.8 Å². The fourth-order valence-corrected chi connectivity index (χ4v) is 2.64. The molecule has 0 aliphatic carbocycles. The summed E-state index contributed by atoms with van der Waals surface area (Å²) in [5.74, 6) is -0.550. The first-order valence-electron chi connectivity index (χ1n) is 5.14. The number of rotatable bonds is 5. The van der Waals surface area contributed by atoms with Crippen LogP contribution in [0.2, 0.25) is 0 Å². The lowest BCUT2D eigenvalue weighted by Gasteiger charge is -2.11. The van der Waals surface area contributed by atoms with Crippen molar-refractivity contribution in [3.63, 3.8) is 0 Å². The molecule has 1 heterocycles. The molecule has 6 heteroatoms. The van der Waals surface area contributed by atoms with Gasteiger partial charge in [-0.1, -0.05) is 6.92 Å². The van der Waals surface area contributed by atoms with E-state index in [2.05, 4.69) is 5.32 Å². The van der Waals surface area contributed by atoms with Crippen LogP contribution in [0, 0.1) is 0 Å². The van der Waals surface area contributed by atoms with Crippen LogP contribution in [0.4, 0.5) is 0 Å². The van der Waals surface area contributed by atoms with Crippen molar-refractivity contribution < 1.29 is 18.3 Å². The maximum absolute atomic E-state index is 11.2. The Morgan fingerprint density at radius 1 is 1.47 bits per heavy atom. The van der Waals surface area contributed by atoms with Crippen LogP contribution in [0.15, 0.2) is 0 Å². The van der Waals surface area contributed by atoms with Crippen molar-refractivity contribution in [1.82, 2.24) is 5.32 Å². The van der Waals surface area contributed by atoms with Gasteiger partial charge in [-0.25, -0.2) is 8.42 Å². The summed E-state index contributed by atoms with van der Waals surface area (Å²) in [6, 6.07) is -0.466. The standard InChI is InChI=1S/C9H17NO4S/c1-2-15(13,14)6-5-7-3-4-8(10-7)9(11)12/h7-8,10H,2-6H2,1H3,(H,11,12). The van der Waals surface area contributed by atoms with Gasteiger partial charge >= 0.3 is 5.97 Å². The Morgan fingerprint density at radius 3 is 2.60 bits per heavy atom. The molecule has 1 aliphatic heterocycles. The van der Waals surface area contributed by atoms with Crippen molar-refractivity contribution >= 4 is 15.8 Å². The van der Waals surface area contributed by atoms with E-state index < -0.39 is 21.8 Å². The van der Waals surface area contributed by atoms with Gasteiger partial charge in [0.25, 0.3) is 0 Å². The number of hydrogen-bond donors (Lipinski definition) is 2. The zero-order valence-electron chi connectivity index (χ0n) is 8.77. The first-order valence-corrected chi connectivity index (χ1v) is 6.96. The lowest BCUT2D eigenvalue weighted by molar-refractivity contribution is -0.139. The minimum absolute atomic E-state index is 0.0347. The number of hydrogen-bond acceptors (Lipinski definition) is 4. The monoisotopic (exact) mass is 235 g/mol. The normalized spacial score (nSPS) is 26.7. The Hall–Kier alpha value is -0.620. The number of carboxylic acids is 1. The van der Waals surface area contributed by atoms with E-state index in [1.165, 1.54) is 0 Å². The van der Waals surface area contributed by atoms with E-state index in [4.69, 9.17) is 5.11 Å². The Balaban J connectivity index is 2.34. The van der Waals surface area contributed by atoms with Gasteiger partial charge in [0.15, 0.2) is 0 Å². The summed E-state index contributed by atoms with van der Waals surface area (Å²) in [6.45, 7) is 1.62. The van der Waals surface area contributed by atoms with Crippen LogP contribution < -0.4 is 5.32 Å². The van der Waals surface area contributed by atoms with Crippen LogP contribution in [0.25, 0.3) is 0 Å². The first-order chi connectivity index (χ1) is 6.94. The van der Waals surface area contributed by atoms with Crippen LogP contribution in [0.1, 0.15) is 26.2 Å². The third kappa shape index (κ3) is 3.79. The number of aliphatic carboxylic acids is 1. The van der Waals surface area contributed by atoms with Crippen LogP contribution in [-0.4, -0.2) is 43.1 Å². The fourth-order valence-electron chi connectivity index (χ4n) is 1.71. The third-order valence-corrected chi connectivity index (χ3v) is 4.49. The molecular formula is C9H17NO4S. The lowest BCUT2D eigenvalue weighted by Crippen LogP contribution is -2.36. The molecule has 5 nitrogen and oxygen atoms in total. The van der Waals surface area contributed by atoms with Crippen molar-refractivity contribution in [3.05, 3.63) is 0 Å². The average Bonchev–Trinajstić information content (AvgIpc) is 2.63. The molecule has 88 valence electrons. The predicted octanol–water partition coefficient (Wildman–Crippen LogP) is 0.0164. The van der Waals surface area contributed by atoms with Gasteiger partial charge in [-0.3, -0.25) is 4.79 Å². The molecule has 2 unspecified atom stereocenters. The highest BCUT2D eigenvalue weighted by molar-refractivity contribution is 7.91. The Labute approximate surface area is 89.8 Å². The van der Waals surface area contributed by atoms with Gasteiger partial charge in [0.1, 0.15) is 15.9 Å². The number of carbonyl (C=O) groups is 1. The van der Waals surface area contributed by atoms with E-state index in [9.17, 15) is 13.2 Å². The number of carboxylic acid groups (broad SMARTS) is 1. The van der Waals surface area contributed by atoms with Crippen molar-refractivity contribution in [2.75, 3.05) is 11.5 Å². The van der Waals surface area contributed by atoms with Gasteiger partial charge in [-0.15, -0.1) is 0 Å². The van der Waals surface area contributed by atoms with E-state index in [-0.39, 0.29) is 17.5 Å². The third-order valence-electron chi connectivity index (χ3n) is 2.76. The predicted molar refractivity (Wildman–Crippen MR) is 56.5 cm³/mol. The van der Waals surface area contributed by atoms with Crippen molar-refractivity contribution in [3.8, 4) is 0 Å². The Bertz CT molecular complexity index is 325. The second kappa shape index (κ2) is 4.94. The number of sulfone groups is 1. The van der Waals surface area contributed by atoms with Crippen LogP contribution in [-0.2, 0) is 14.6 Å².